The summed E-state index contributed by atoms with van der Waals surface area (Å²) in [5, 5.41) is 6.66. The second-order valence-corrected chi connectivity index (χ2v) is 9.17. The van der Waals surface area contributed by atoms with Crippen molar-refractivity contribution in [3.63, 3.8) is 0 Å². The maximum atomic E-state index is 12.3. The Bertz CT molecular complexity index is 772. The Morgan fingerprint density at radius 2 is 1.37 bits per heavy atom. The maximum Gasteiger partial charge on any atom is 0.225 e. The summed E-state index contributed by atoms with van der Waals surface area (Å²) in [6.07, 6.45) is 12.1. The van der Waals surface area contributed by atoms with Crippen LogP contribution in [0.3, 0.4) is 0 Å². The monoisotopic (exact) mass is 404 g/mol. The van der Waals surface area contributed by atoms with Crippen LogP contribution in [0.2, 0.25) is 0 Å². The molecule has 4 rings (SSSR count). The molecule has 0 unspecified atom stereocenters. The number of amides is 1. The number of carbonyl (C=O) groups excluding carboxylic acids is 1. The standard InChI is InChI=1S/C27H36N2O/c30-27(29-26-17-13-24(14-18-26)22-9-5-2-6-10-22)19-20-28-25-15-11-23(12-16-25)21-7-3-1-4-8-21/h1,3-4,7-8,13-14,17-18,22-23,25,28H,2,5-6,9-12,15-16,19-20H2,(H,29,30)/t23-,25-. The highest BCUT2D eigenvalue weighted by Crippen LogP contribution is 2.33. The molecule has 2 N–H and O–H groups in total. The van der Waals surface area contributed by atoms with Gasteiger partial charge < -0.3 is 10.6 Å². The van der Waals surface area contributed by atoms with Crippen LogP contribution in [0.1, 0.15) is 87.2 Å². The van der Waals surface area contributed by atoms with Crippen LogP contribution in [0, 0.1) is 0 Å². The van der Waals surface area contributed by atoms with Gasteiger partial charge in [-0.1, -0.05) is 61.7 Å². The Morgan fingerprint density at radius 3 is 2.07 bits per heavy atom. The van der Waals surface area contributed by atoms with Gasteiger partial charge in [0.15, 0.2) is 0 Å². The van der Waals surface area contributed by atoms with Crippen molar-refractivity contribution in [1.82, 2.24) is 5.32 Å². The van der Waals surface area contributed by atoms with Crippen molar-refractivity contribution in [2.75, 3.05) is 11.9 Å². The smallest absolute Gasteiger partial charge is 0.225 e. The lowest BCUT2D eigenvalue weighted by Crippen LogP contribution is -2.34. The van der Waals surface area contributed by atoms with Crippen LogP contribution in [0.25, 0.3) is 0 Å². The van der Waals surface area contributed by atoms with Crippen molar-refractivity contribution in [3.05, 3.63) is 65.7 Å². The van der Waals surface area contributed by atoms with Crippen LogP contribution in [0.5, 0.6) is 0 Å². The van der Waals surface area contributed by atoms with E-state index in [1.54, 1.807) is 0 Å². The minimum absolute atomic E-state index is 0.103. The average molecular weight is 405 g/mol. The third kappa shape index (κ3) is 5.95. The summed E-state index contributed by atoms with van der Waals surface area (Å²) in [7, 11) is 0. The number of carbonyl (C=O) groups is 1. The van der Waals surface area contributed by atoms with E-state index < -0.39 is 0 Å². The van der Waals surface area contributed by atoms with Gasteiger partial charge in [0.25, 0.3) is 0 Å². The molecule has 2 aliphatic rings. The van der Waals surface area contributed by atoms with Crippen molar-refractivity contribution < 1.29 is 4.79 Å². The van der Waals surface area contributed by atoms with Crippen molar-refractivity contribution in [1.29, 1.82) is 0 Å². The zero-order valence-electron chi connectivity index (χ0n) is 18.1. The van der Waals surface area contributed by atoms with Gasteiger partial charge in [0.2, 0.25) is 5.91 Å². The molecule has 3 nitrogen and oxygen atoms in total. The van der Waals surface area contributed by atoms with Gasteiger partial charge in [0, 0.05) is 24.7 Å². The van der Waals surface area contributed by atoms with Crippen LogP contribution < -0.4 is 10.6 Å². The number of nitrogens with one attached hydrogen (secondary N) is 2. The number of rotatable bonds is 7. The van der Waals surface area contributed by atoms with Crippen LogP contribution in [0.4, 0.5) is 5.69 Å². The van der Waals surface area contributed by atoms with Gasteiger partial charge >= 0.3 is 0 Å². The molecule has 160 valence electrons. The van der Waals surface area contributed by atoms with Gasteiger partial charge in [-0.15, -0.1) is 0 Å². The molecule has 0 aliphatic heterocycles. The van der Waals surface area contributed by atoms with E-state index in [0.717, 1.165) is 12.2 Å². The Kier molecular flexibility index (Phi) is 7.58. The van der Waals surface area contributed by atoms with Crippen molar-refractivity contribution in [2.45, 2.75) is 82.1 Å². The molecular formula is C27H36N2O. The fourth-order valence-electron chi connectivity index (χ4n) is 5.24. The second-order valence-electron chi connectivity index (χ2n) is 9.17. The third-order valence-corrected chi connectivity index (χ3v) is 7.05. The topological polar surface area (TPSA) is 41.1 Å². The van der Waals surface area contributed by atoms with E-state index in [9.17, 15) is 4.79 Å². The highest BCUT2D eigenvalue weighted by molar-refractivity contribution is 5.90. The van der Waals surface area contributed by atoms with E-state index in [2.05, 4.69) is 65.2 Å². The molecule has 0 saturated heterocycles. The number of benzene rings is 2. The first-order valence-electron chi connectivity index (χ1n) is 12.0. The molecule has 0 heterocycles. The van der Waals surface area contributed by atoms with Crippen LogP contribution in [0.15, 0.2) is 54.6 Å². The molecule has 1 amide bonds. The Morgan fingerprint density at radius 1 is 0.733 bits per heavy atom. The van der Waals surface area contributed by atoms with Crippen LogP contribution in [-0.4, -0.2) is 18.5 Å². The van der Waals surface area contributed by atoms with E-state index in [0.29, 0.717) is 24.3 Å². The second kappa shape index (κ2) is 10.8. The predicted molar refractivity (Wildman–Crippen MR) is 125 cm³/mol. The molecule has 3 heteroatoms. The summed E-state index contributed by atoms with van der Waals surface area (Å²) in [6, 6.07) is 20.0. The number of anilines is 1. The largest absolute Gasteiger partial charge is 0.326 e. The predicted octanol–water partition coefficient (Wildman–Crippen LogP) is 6.38. The molecule has 2 aromatic carbocycles. The zero-order chi connectivity index (χ0) is 20.6. The fraction of sp³-hybridized carbons (Fsp3) is 0.519. The van der Waals surface area contributed by atoms with E-state index in [1.807, 2.05) is 0 Å². The zero-order valence-corrected chi connectivity index (χ0v) is 18.1. The lowest BCUT2D eigenvalue weighted by molar-refractivity contribution is -0.116. The molecule has 0 bridgehead atoms. The lowest BCUT2D eigenvalue weighted by Gasteiger charge is -2.29. The summed E-state index contributed by atoms with van der Waals surface area (Å²) in [5.74, 6) is 1.51. The van der Waals surface area contributed by atoms with Crippen molar-refractivity contribution >= 4 is 11.6 Å². The first-order chi connectivity index (χ1) is 14.8. The molecule has 0 aromatic heterocycles. The van der Waals surface area contributed by atoms with Crippen molar-refractivity contribution in [3.8, 4) is 0 Å². The molecule has 2 fully saturated rings. The van der Waals surface area contributed by atoms with Gasteiger partial charge in [-0.25, -0.2) is 0 Å². The molecule has 2 aliphatic carbocycles. The summed E-state index contributed by atoms with van der Waals surface area (Å²) in [4.78, 5) is 12.3. The van der Waals surface area contributed by atoms with Gasteiger partial charge in [0.05, 0.1) is 0 Å². The summed E-state index contributed by atoms with van der Waals surface area (Å²) >= 11 is 0. The Balaban J connectivity index is 1.14. The Labute approximate surface area is 181 Å². The summed E-state index contributed by atoms with van der Waals surface area (Å²) in [6.45, 7) is 0.757. The lowest BCUT2D eigenvalue weighted by atomic mass is 9.82. The summed E-state index contributed by atoms with van der Waals surface area (Å²) < 4.78 is 0. The minimum Gasteiger partial charge on any atom is -0.326 e. The number of hydrogen-bond donors (Lipinski definition) is 2. The first-order valence-corrected chi connectivity index (χ1v) is 12.0. The summed E-state index contributed by atoms with van der Waals surface area (Å²) in [5.41, 5.74) is 3.83. The highest BCUT2D eigenvalue weighted by Gasteiger charge is 2.22. The van der Waals surface area contributed by atoms with Crippen LogP contribution in [-0.2, 0) is 4.79 Å². The molecule has 0 radical (unpaired) electrons. The fourth-order valence-corrected chi connectivity index (χ4v) is 5.24. The Hall–Kier alpha value is -2.13. The van der Waals surface area contributed by atoms with Crippen molar-refractivity contribution in [2.24, 2.45) is 0 Å². The van der Waals surface area contributed by atoms with Gasteiger partial charge in [0.1, 0.15) is 0 Å². The minimum atomic E-state index is 0.103. The third-order valence-electron chi connectivity index (χ3n) is 7.05. The van der Waals surface area contributed by atoms with Gasteiger partial charge in [-0.05, 0) is 73.6 Å². The number of hydrogen-bond acceptors (Lipinski definition) is 2. The normalized spacial score (nSPS) is 22.5. The maximum absolute atomic E-state index is 12.3. The highest BCUT2D eigenvalue weighted by atomic mass is 16.1. The quantitative estimate of drug-likeness (QED) is 0.562. The van der Waals surface area contributed by atoms with Crippen LogP contribution >= 0.6 is 0 Å². The molecule has 0 atom stereocenters. The van der Waals surface area contributed by atoms with Gasteiger partial charge in [-0.3, -0.25) is 4.79 Å². The first kappa shape index (κ1) is 21.1. The van der Waals surface area contributed by atoms with Gasteiger partial charge in [-0.2, -0.15) is 0 Å². The van der Waals surface area contributed by atoms with E-state index in [-0.39, 0.29) is 5.91 Å². The SMILES string of the molecule is O=C(CCN[C@H]1CC[C@H](c2ccccc2)CC1)Nc1ccc(C2CCCCC2)cc1. The van der Waals surface area contributed by atoms with E-state index in [4.69, 9.17) is 0 Å². The molecule has 2 aromatic rings. The molecule has 2 saturated carbocycles. The molecular weight excluding hydrogens is 368 g/mol. The van der Waals surface area contributed by atoms with E-state index in [1.165, 1.54) is 68.9 Å². The van der Waals surface area contributed by atoms with E-state index >= 15 is 0 Å². The molecule has 30 heavy (non-hydrogen) atoms. The molecule has 0 spiro atoms. The average Bonchev–Trinajstić information content (AvgIpc) is 2.81.